The molecule has 2 fully saturated rings. The largest absolute Gasteiger partial charge is 0.474 e. The van der Waals surface area contributed by atoms with Gasteiger partial charge in [0.25, 0.3) is 0 Å². The van der Waals surface area contributed by atoms with Crippen LogP contribution in [0.25, 0.3) is 10.2 Å². The monoisotopic (exact) mass is 443 g/mol. The summed E-state index contributed by atoms with van der Waals surface area (Å²) in [6, 6.07) is 0.716. The van der Waals surface area contributed by atoms with Gasteiger partial charge in [-0.2, -0.15) is 0 Å². The maximum Gasteiger partial charge on any atom is 0.225 e. The van der Waals surface area contributed by atoms with Crippen molar-refractivity contribution in [3.63, 3.8) is 0 Å². The lowest BCUT2D eigenvalue weighted by atomic mass is 9.90. The number of Topliss-reactive ketones (excluding diaryl/α,β-unsaturated/α-hetero) is 1. The molecule has 2 aromatic heterocycles. The van der Waals surface area contributed by atoms with Crippen LogP contribution in [0.5, 0.6) is 5.88 Å². The number of rotatable bonds is 6. The van der Waals surface area contributed by atoms with E-state index in [0.29, 0.717) is 18.3 Å². The average Bonchev–Trinajstić information content (AvgIpc) is 3.35. The second kappa shape index (κ2) is 9.12. The predicted molar refractivity (Wildman–Crippen MR) is 122 cm³/mol. The number of piperidine rings is 1. The minimum Gasteiger partial charge on any atom is -0.474 e. The van der Waals surface area contributed by atoms with Crippen LogP contribution in [0.2, 0.25) is 0 Å². The number of ether oxygens (including phenoxy) is 1. The van der Waals surface area contributed by atoms with Crippen LogP contribution in [0.1, 0.15) is 81.1 Å². The zero-order chi connectivity index (χ0) is 21.4. The summed E-state index contributed by atoms with van der Waals surface area (Å²) in [4.78, 5) is 25.6. The number of likely N-dealkylation sites (tertiary alicyclic amines) is 1. The first kappa shape index (κ1) is 21.3. The molecular weight excluding hydrogens is 410 g/mol. The summed E-state index contributed by atoms with van der Waals surface area (Å²) in [6.45, 7) is 3.98. The topological polar surface area (TPSA) is 75.5 Å². The normalized spacial score (nSPS) is 27.9. The zero-order valence-corrected chi connectivity index (χ0v) is 19.2. The number of thiophene rings is 1. The number of aliphatic hydroxyl groups excluding tert-OH is 1. The summed E-state index contributed by atoms with van der Waals surface area (Å²) in [6.07, 6.45) is 12.0. The van der Waals surface area contributed by atoms with E-state index in [1.54, 1.807) is 17.7 Å². The number of fused-ring (bicyclic) bond motifs is 3. The van der Waals surface area contributed by atoms with E-state index >= 15 is 0 Å². The van der Waals surface area contributed by atoms with Crippen LogP contribution >= 0.6 is 11.3 Å². The third-order valence-corrected chi connectivity index (χ3v) is 8.67. The number of carbonyl (C=O) groups is 1. The van der Waals surface area contributed by atoms with E-state index in [2.05, 4.69) is 14.9 Å². The van der Waals surface area contributed by atoms with Gasteiger partial charge in [-0.05, 0) is 89.3 Å². The van der Waals surface area contributed by atoms with Crippen molar-refractivity contribution in [2.24, 2.45) is 0 Å². The summed E-state index contributed by atoms with van der Waals surface area (Å²) in [5, 5.41) is 11.2. The van der Waals surface area contributed by atoms with Crippen molar-refractivity contribution in [1.82, 2.24) is 14.9 Å². The lowest BCUT2D eigenvalue weighted by Crippen LogP contribution is -2.42. The lowest BCUT2D eigenvalue weighted by Gasteiger charge is -2.38. The van der Waals surface area contributed by atoms with E-state index in [0.717, 1.165) is 35.9 Å². The number of aliphatic hydroxyl groups is 1. The summed E-state index contributed by atoms with van der Waals surface area (Å²) < 4.78 is 6.50. The van der Waals surface area contributed by atoms with Crippen LogP contribution < -0.4 is 4.74 Å². The van der Waals surface area contributed by atoms with Crippen molar-refractivity contribution < 1.29 is 14.6 Å². The van der Waals surface area contributed by atoms with Crippen molar-refractivity contribution in [2.75, 3.05) is 13.1 Å². The standard InChI is InChI=1S/C24H33N3O3S/c1-15(28)19(29)13-16-5-10-20-21(16)22-23(25-14-26-24(22)31-20)30-18-8-6-17(7-9-18)27-11-3-2-4-12-27/h14,16-19,29H,2-13H2,1H3/t16-,17?,18?,19-/m1/s1. The molecular formula is C24H33N3O3S. The van der Waals surface area contributed by atoms with Crippen molar-refractivity contribution in [2.45, 2.75) is 95.3 Å². The lowest BCUT2D eigenvalue weighted by molar-refractivity contribution is -0.125. The number of nitrogens with zero attached hydrogens (tertiary/aromatic N) is 3. The Bertz CT molecular complexity index is 932. The van der Waals surface area contributed by atoms with Gasteiger partial charge in [0.15, 0.2) is 5.78 Å². The number of hydrogen-bond donors (Lipinski definition) is 1. The molecule has 0 amide bonds. The van der Waals surface area contributed by atoms with Gasteiger partial charge in [-0.25, -0.2) is 9.97 Å². The Balaban J connectivity index is 1.31. The number of carbonyl (C=O) groups excluding carboxylic acids is 1. The number of ketones is 1. The molecule has 2 aliphatic carbocycles. The molecule has 168 valence electrons. The van der Waals surface area contributed by atoms with Gasteiger partial charge in [0.2, 0.25) is 5.88 Å². The molecule has 0 radical (unpaired) electrons. The van der Waals surface area contributed by atoms with Crippen LogP contribution in [0.3, 0.4) is 0 Å². The second-order valence-corrected chi connectivity index (χ2v) is 10.6. The molecule has 31 heavy (non-hydrogen) atoms. The van der Waals surface area contributed by atoms with Crippen molar-refractivity contribution >= 4 is 27.3 Å². The van der Waals surface area contributed by atoms with Crippen LogP contribution in [0, 0.1) is 0 Å². The third-order valence-electron chi connectivity index (χ3n) is 7.50. The van der Waals surface area contributed by atoms with E-state index in [1.807, 2.05) is 0 Å². The van der Waals surface area contributed by atoms with Gasteiger partial charge in [0.1, 0.15) is 23.4 Å². The Hall–Kier alpha value is -1.57. The van der Waals surface area contributed by atoms with Crippen LogP contribution in [0.15, 0.2) is 6.33 Å². The minimum absolute atomic E-state index is 0.161. The smallest absolute Gasteiger partial charge is 0.225 e. The van der Waals surface area contributed by atoms with Gasteiger partial charge in [0, 0.05) is 10.9 Å². The highest BCUT2D eigenvalue weighted by molar-refractivity contribution is 7.19. The molecule has 3 heterocycles. The molecule has 0 bridgehead atoms. The van der Waals surface area contributed by atoms with E-state index in [9.17, 15) is 9.90 Å². The molecule has 7 heteroatoms. The van der Waals surface area contributed by atoms with Gasteiger partial charge in [0.05, 0.1) is 5.39 Å². The molecule has 0 aromatic carbocycles. The van der Waals surface area contributed by atoms with Crippen molar-refractivity contribution in [3.05, 3.63) is 16.8 Å². The Morgan fingerprint density at radius 2 is 1.97 bits per heavy atom. The summed E-state index contributed by atoms with van der Waals surface area (Å²) in [5.41, 5.74) is 1.22. The number of hydrogen-bond acceptors (Lipinski definition) is 7. The minimum atomic E-state index is -0.898. The molecule has 5 rings (SSSR count). The quantitative estimate of drug-likeness (QED) is 0.720. The fraction of sp³-hybridized carbons (Fsp3) is 0.708. The van der Waals surface area contributed by atoms with Gasteiger partial charge in [-0.15, -0.1) is 11.3 Å². The maximum absolute atomic E-state index is 11.6. The van der Waals surface area contributed by atoms with Crippen molar-refractivity contribution in [3.8, 4) is 5.88 Å². The first-order valence-electron chi connectivity index (χ1n) is 12.0. The molecule has 1 aliphatic heterocycles. The van der Waals surface area contributed by atoms with Crippen LogP contribution in [-0.2, 0) is 11.2 Å². The predicted octanol–water partition coefficient (Wildman–Crippen LogP) is 4.24. The number of aromatic nitrogens is 2. The molecule has 0 spiro atoms. The van der Waals surface area contributed by atoms with E-state index < -0.39 is 6.10 Å². The highest BCUT2D eigenvalue weighted by atomic mass is 32.1. The SMILES string of the molecule is CC(=O)[C@H](O)C[C@H]1CCc2sc3ncnc(OC4CCC(N5CCCCC5)CC4)c3c21. The Morgan fingerprint density at radius 3 is 2.71 bits per heavy atom. The van der Waals surface area contributed by atoms with Crippen molar-refractivity contribution in [1.29, 1.82) is 0 Å². The summed E-state index contributed by atoms with van der Waals surface area (Å²) >= 11 is 1.72. The fourth-order valence-electron chi connectivity index (χ4n) is 5.77. The summed E-state index contributed by atoms with van der Waals surface area (Å²) in [7, 11) is 0. The Morgan fingerprint density at radius 1 is 1.19 bits per heavy atom. The average molecular weight is 444 g/mol. The zero-order valence-electron chi connectivity index (χ0n) is 18.4. The molecule has 0 unspecified atom stereocenters. The molecule has 1 saturated heterocycles. The number of aryl methyl sites for hydroxylation is 1. The highest BCUT2D eigenvalue weighted by Crippen LogP contribution is 2.47. The maximum atomic E-state index is 11.6. The highest BCUT2D eigenvalue weighted by Gasteiger charge is 2.33. The molecule has 1 N–H and O–H groups in total. The summed E-state index contributed by atoms with van der Waals surface area (Å²) in [5.74, 6) is 0.713. The Labute approximate surface area is 188 Å². The molecule has 1 saturated carbocycles. The van der Waals surface area contributed by atoms with E-state index in [-0.39, 0.29) is 17.8 Å². The van der Waals surface area contributed by atoms with Gasteiger partial charge >= 0.3 is 0 Å². The third kappa shape index (κ3) is 4.37. The van der Waals surface area contributed by atoms with Gasteiger partial charge in [-0.3, -0.25) is 4.79 Å². The molecule has 6 nitrogen and oxygen atoms in total. The van der Waals surface area contributed by atoms with E-state index in [4.69, 9.17) is 4.74 Å². The van der Waals surface area contributed by atoms with Crippen LogP contribution in [0.4, 0.5) is 0 Å². The first-order valence-corrected chi connectivity index (χ1v) is 12.8. The fourth-order valence-corrected chi connectivity index (χ4v) is 7.00. The van der Waals surface area contributed by atoms with Gasteiger partial charge < -0.3 is 14.7 Å². The molecule has 2 aromatic rings. The van der Waals surface area contributed by atoms with Crippen LogP contribution in [-0.4, -0.2) is 57.1 Å². The first-order chi connectivity index (χ1) is 15.1. The van der Waals surface area contributed by atoms with E-state index in [1.165, 1.54) is 62.6 Å². The molecule has 2 atom stereocenters. The Kier molecular flexibility index (Phi) is 6.26. The second-order valence-electron chi connectivity index (χ2n) is 9.54. The molecule has 3 aliphatic rings. The van der Waals surface area contributed by atoms with Gasteiger partial charge in [-0.1, -0.05) is 6.42 Å².